The van der Waals surface area contributed by atoms with Crippen LogP contribution in [0, 0.1) is 11.3 Å². The summed E-state index contributed by atoms with van der Waals surface area (Å²) in [4.78, 5) is 15.6. The van der Waals surface area contributed by atoms with Crippen LogP contribution >= 0.6 is 11.6 Å². The van der Waals surface area contributed by atoms with Gasteiger partial charge in [-0.25, -0.2) is 20.8 Å². The van der Waals surface area contributed by atoms with E-state index in [1.807, 2.05) is 38.1 Å². The smallest absolute Gasteiger partial charge is 0.138 e. The molecule has 3 aromatic rings. The highest BCUT2D eigenvalue weighted by Crippen LogP contribution is 2.30. The fourth-order valence-electron chi connectivity index (χ4n) is 3.75. The number of rotatable bonds is 9. The second-order valence-corrected chi connectivity index (χ2v) is 9.48. The number of benzene rings is 1. The van der Waals surface area contributed by atoms with E-state index in [4.69, 9.17) is 27.4 Å². The van der Waals surface area contributed by atoms with E-state index in [1.54, 1.807) is 25.6 Å². The highest BCUT2D eigenvalue weighted by Gasteiger charge is 2.24. The molecule has 0 saturated heterocycles. The molecule has 192 valence electrons. The molecule has 0 bridgehead atoms. The van der Waals surface area contributed by atoms with Crippen LogP contribution in [0.2, 0.25) is 5.02 Å². The van der Waals surface area contributed by atoms with Crippen molar-refractivity contribution in [3.05, 3.63) is 64.7 Å². The molecule has 4 rings (SSSR count). The highest BCUT2D eigenvalue weighted by atomic mass is 35.5. The lowest BCUT2D eigenvalue weighted by atomic mass is 10.0. The van der Waals surface area contributed by atoms with Crippen molar-refractivity contribution in [2.45, 2.75) is 32.4 Å². The maximum Gasteiger partial charge on any atom is 0.138 e. The number of anilines is 3. The molecule has 1 aliphatic heterocycles. The number of fused-ring (bicyclic) bond motifs is 1. The Morgan fingerprint density at radius 1 is 1.30 bits per heavy atom. The topological polar surface area (TPSA) is 141 Å². The van der Waals surface area contributed by atoms with Gasteiger partial charge in [-0.05, 0) is 50.6 Å². The minimum Gasteiger partial charge on any atom is -0.489 e. The number of hydrogen-bond acceptors (Lipinski definition) is 10. The van der Waals surface area contributed by atoms with Crippen LogP contribution in [0.1, 0.15) is 30.7 Å². The van der Waals surface area contributed by atoms with Gasteiger partial charge in [0.1, 0.15) is 42.7 Å². The second kappa shape index (κ2) is 11.3. The van der Waals surface area contributed by atoms with E-state index in [0.29, 0.717) is 35.3 Å². The van der Waals surface area contributed by atoms with Crippen molar-refractivity contribution in [1.82, 2.24) is 25.4 Å². The second-order valence-electron chi connectivity index (χ2n) is 9.08. The van der Waals surface area contributed by atoms with Gasteiger partial charge in [0.15, 0.2) is 0 Å². The summed E-state index contributed by atoms with van der Waals surface area (Å²) in [6, 6.07) is 11.2. The van der Waals surface area contributed by atoms with Crippen LogP contribution < -0.4 is 26.2 Å². The lowest BCUT2D eigenvalue weighted by molar-refractivity contribution is 0.131. The number of nitrogens with one attached hydrogen (secondary N) is 2. The van der Waals surface area contributed by atoms with Gasteiger partial charge in [0.05, 0.1) is 34.6 Å². The maximum absolute atomic E-state index is 9.12. The summed E-state index contributed by atoms with van der Waals surface area (Å²) in [5.74, 6) is 8.03. The van der Waals surface area contributed by atoms with E-state index in [1.165, 1.54) is 11.3 Å². The predicted octanol–water partition coefficient (Wildman–Crippen LogP) is 3.20. The Hall–Kier alpha value is -4.14. The third kappa shape index (κ3) is 6.17. The van der Waals surface area contributed by atoms with Gasteiger partial charge in [-0.3, -0.25) is 5.01 Å². The van der Waals surface area contributed by atoms with Crippen LogP contribution in [0.15, 0.2) is 48.0 Å². The molecular formula is C25H29ClN10O. The zero-order chi connectivity index (χ0) is 26.4. The van der Waals surface area contributed by atoms with Crippen LogP contribution in [0.3, 0.4) is 0 Å². The van der Waals surface area contributed by atoms with Crippen molar-refractivity contribution in [2.75, 3.05) is 30.4 Å². The summed E-state index contributed by atoms with van der Waals surface area (Å²) in [7, 11) is 1.70. The van der Waals surface area contributed by atoms with E-state index >= 15 is 0 Å². The minimum atomic E-state index is -0.478. The third-order valence-electron chi connectivity index (χ3n) is 6.03. The number of ether oxygens (including phenoxy) is 1. The molecule has 0 fully saturated rings. The Bertz CT molecular complexity index is 1310. The number of pyridine rings is 1. The molecule has 37 heavy (non-hydrogen) atoms. The molecule has 3 heterocycles. The summed E-state index contributed by atoms with van der Waals surface area (Å²) in [6.45, 7) is 5.63. The van der Waals surface area contributed by atoms with Crippen molar-refractivity contribution < 1.29 is 4.74 Å². The first-order valence-electron chi connectivity index (χ1n) is 11.7. The first-order valence-corrected chi connectivity index (χ1v) is 12.1. The predicted molar refractivity (Wildman–Crippen MR) is 144 cm³/mol. The van der Waals surface area contributed by atoms with Gasteiger partial charge in [0, 0.05) is 24.8 Å². The Labute approximate surface area is 220 Å². The average molecular weight is 521 g/mol. The molecule has 1 aromatic carbocycles. The zero-order valence-corrected chi connectivity index (χ0v) is 21.7. The summed E-state index contributed by atoms with van der Waals surface area (Å²) in [5, 5.41) is 18.3. The van der Waals surface area contributed by atoms with Crippen LogP contribution in [0.25, 0.3) is 0 Å². The summed E-state index contributed by atoms with van der Waals surface area (Å²) in [6.07, 6.45) is 5.46. The molecule has 0 unspecified atom stereocenters. The first kappa shape index (κ1) is 25.9. The lowest BCUT2D eigenvalue weighted by Gasteiger charge is -2.32. The van der Waals surface area contributed by atoms with E-state index in [-0.39, 0.29) is 0 Å². The van der Waals surface area contributed by atoms with E-state index in [0.717, 1.165) is 35.7 Å². The Morgan fingerprint density at radius 2 is 2.14 bits per heavy atom. The van der Waals surface area contributed by atoms with Crippen molar-refractivity contribution in [2.24, 2.45) is 10.9 Å². The molecule has 4 N–H and O–H groups in total. The number of hydrazone groups is 1. The van der Waals surface area contributed by atoms with E-state index in [9.17, 15) is 0 Å². The summed E-state index contributed by atoms with van der Waals surface area (Å²) in [5.41, 5.74) is 5.59. The van der Waals surface area contributed by atoms with Crippen LogP contribution in [-0.2, 0) is 13.0 Å². The number of nitrogens with two attached hydrogens (primary N) is 1. The molecular weight excluding hydrogens is 492 g/mol. The van der Waals surface area contributed by atoms with Gasteiger partial charge in [-0.1, -0.05) is 11.6 Å². The molecule has 11 nitrogen and oxygen atoms in total. The largest absolute Gasteiger partial charge is 0.489 e. The van der Waals surface area contributed by atoms with Gasteiger partial charge < -0.3 is 20.4 Å². The number of nitrogens with zero attached hydrogens (tertiary/aromatic N) is 7. The Morgan fingerprint density at radius 3 is 2.84 bits per heavy atom. The summed E-state index contributed by atoms with van der Waals surface area (Å²) < 4.78 is 5.89. The standard InChI is InChI=1S/C25H29ClN10O/c1-25(2,36(28)16-33-29-3)14-37-19-6-7-23(30-12-19)34-24-20-8-9-35(13-22(20)31-15-32-24)18-5-4-17(11-27)21(26)10-18/h4-7,10,12,15-16,29H,8-9,13-14,28H2,1-3H3,(H,30,31,32,34)/b33-16-. The van der Waals surface area contributed by atoms with Crippen molar-refractivity contribution in [1.29, 1.82) is 5.26 Å². The third-order valence-corrected chi connectivity index (χ3v) is 6.34. The fourth-order valence-corrected chi connectivity index (χ4v) is 3.96. The number of halogens is 1. The van der Waals surface area contributed by atoms with Crippen LogP contribution in [-0.4, -0.2) is 52.0 Å². The van der Waals surface area contributed by atoms with Gasteiger partial charge in [-0.2, -0.15) is 10.4 Å². The summed E-state index contributed by atoms with van der Waals surface area (Å²) >= 11 is 6.23. The van der Waals surface area contributed by atoms with Crippen LogP contribution in [0.4, 0.5) is 17.3 Å². The average Bonchev–Trinajstić information content (AvgIpc) is 2.91. The van der Waals surface area contributed by atoms with Crippen molar-refractivity contribution in [3.8, 4) is 11.8 Å². The fraction of sp³-hybridized carbons (Fsp3) is 0.320. The zero-order valence-electron chi connectivity index (χ0n) is 20.9. The molecule has 0 aliphatic carbocycles. The normalized spacial score (nSPS) is 13.1. The Kier molecular flexibility index (Phi) is 7.91. The maximum atomic E-state index is 9.12. The quantitative estimate of drug-likeness (QED) is 0.167. The molecule has 0 amide bonds. The van der Waals surface area contributed by atoms with Crippen molar-refractivity contribution >= 4 is 35.3 Å². The minimum absolute atomic E-state index is 0.341. The lowest BCUT2D eigenvalue weighted by Crippen LogP contribution is -2.51. The molecule has 0 radical (unpaired) electrons. The molecule has 0 saturated carbocycles. The highest BCUT2D eigenvalue weighted by molar-refractivity contribution is 6.32. The van der Waals surface area contributed by atoms with E-state index in [2.05, 4.69) is 41.8 Å². The first-order chi connectivity index (χ1) is 17.8. The van der Waals surface area contributed by atoms with Gasteiger partial charge >= 0.3 is 0 Å². The number of hydrogen-bond donors (Lipinski definition) is 3. The number of nitriles is 1. The van der Waals surface area contributed by atoms with Gasteiger partial charge in [-0.15, -0.1) is 0 Å². The van der Waals surface area contributed by atoms with E-state index < -0.39 is 5.54 Å². The number of aromatic nitrogens is 3. The molecule has 2 aromatic heterocycles. The molecule has 12 heteroatoms. The monoisotopic (exact) mass is 520 g/mol. The van der Waals surface area contributed by atoms with Crippen molar-refractivity contribution in [3.63, 3.8) is 0 Å². The Balaban J connectivity index is 1.40. The molecule has 1 aliphatic rings. The number of hydrazine groups is 1. The van der Waals surface area contributed by atoms with Gasteiger partial charge in [0.25, 0.3) is 0 Å². The van der Waals surface area contributed by atoms with Crippen LogP contribution in [0.5, 0.6) is 5.75 Å². The van der Waals surface area contributed by atoms with Gasteiger partial charge in [0.2, 0.25) is 0 Å². The molecule has 0 spiro atoms. The SMILES string of the molecule is CN/N=C\N(N)C(C)(C)COc1ccc(Nc2ncnc3c2CCN(c2ccc(C#N)c(Cl)c2)C3)nc1. The molecule has 0 atom stereocenters.